The van der Waals surface area contributed by atoms with E-state index in [2.05, 4.69) is 4.98 Å². The van der Waals surface area contributed by atoms with Gasteiger partial charge in [-0.1, -0.05) is 18.2 Å². The first kappa shape index (κ1) is 14.4. The number of rotatable bonds is 1. The molecule has 0 aliphatic carbocycles. The number of nitrogen functional groups attached to an aromatic ring is 1. The van der Waals surface area contributed by atoms with Gasteiger partial charge in [0.05, 0.1) is 0 Å². The molecular weight excluding hydrogens is 246 g/mol. The number of anilines is 1. The quantitative estimate of drug-likeness (QED) is 0.804. The van der Waals surface area contributed by atoms with E-state index in [4.69, 9.17) is 15.6 Å². The number of aliphatic carboxylic acids is 1. The maximum Gasteiger partial charge on any atom is 0.300 e. The number of carboxylic acids is 1. The fourth-order valence-corrected chi connectivity index (χ4v) is 1.53. The normalized spacial score (nSPS) is 9.37. The van der Waals surface area contributed by atoms with Crippen LogP contribution >= 0.6 is 0 Å². The number of hydrogen-bond acceptors (Lipinski definition) is 4. The van der Waals surface area contributed by atoms with Crippen LogP contribution in [0.2, 0.25) is 0 Å². The van der Waals surface area contributed by atoms with Crippen molar-refractivity contribution in [2.75, 3.05) is 5.73 Å². The lowest BCUT2D eigenvalue weighted by Gasteiger charge is -2.11. The van der Waals surface area contributed by atoms with Gasteiger partial charge in [0.2, 0.25) is 5.95 Å². The number of hydrogen-bond donors (Lipinski definition) is 2. The third kappa shape index (κ3) is 4.27. The lowest BCUT2D eigenvalue weighted by molar-refractivity contribution is -0.134. The molecule has 0 aliphatic heterocycles. The first-order valence-corrected chi connectivity index (χ1v) is 5.53. The maximum absolute atomic E-state index is 11.1. The van der Waals surface area contributed by atoms with E-state index in [1.54, 1.807) is 4.57 Å². The summed E-state index contributed by atoms with van der Waals surface area (Å²) in [4.78, 5) is 23.8. The molecule has 0 aliphatic rings. The Labute approximate surface area is 110 Å². The second-order valence-electron chi connectivity index (χ2n) is 3.78. The smallest absolute Gasteiger partial charge is 0.300 e. The molecule has 19 heavy (non-hydrogen) atoms. The van der Waals surface area contributed by atoms with Crippen LogP contribution in [-0.2, 0) is 4.79 Å². The molecule has 0 amide bonds. The fraction of sp³-hybridized carbons (Fsp3) is 0.154. The van der Waals surface area contributed by atoms with Gasteiger partial charge in [-0.15, -0.1) is 0 Å². The molecule has 0 saturated carbocycles. The van der Waals surface area contributed by atoms with Crippen LogP contribution in [0.5, 0.6) is 0 Å². The highest BCUT2D eigenvalue weighted by atomic mass is 16.4. The molecular formula is C13H15N3O3. The van der Waals surface area contributed by atoms with Gasteiger partial charge in [0.1, 0.15) is 0 Å². The zero-order valence-corrected chi connectivity index (χ0v) is 10.7. The van der Waals surface area contributed by atoms with Gasteiger partial charge in [0.15, 0.2) is 0 Å². The minimum absolute atomic E-state index is 0.214. The number of carbonyl (C=O) groups is 1. The second kappa shape index (κ2) is 6.34. The first-order chi connectivity index (χ1) is 8.91. The lowest BCUT2D eigenvalue weighted by atomic mass is 10.3. The van der Waals surface area contributed by atoms with Crippen molar-refractivity contribution < 1.29 is 9.90 Å². The van der Waals surface area contributed by atoms with Crippen LogP contribution in [0.3, 0.4) is 0 Å². The molecule has 1 aromatic heterocycles. The van der Waals surface area contributed by atoms with Gasteiger partial charge in [-0.3, -0.25) is 14.2 Å². The van der Waals surface area contributed by atoms with Gasteiger partial charge in [0.25, 0.3) is 11.5 Å². The average Bonchev–Trinajstić information content (AvgIpc) is 2.28. The highest BCUT2D eigenvalue weighted by Gasteiger charge is 2.04. The molecule has 1 aromatic carbocycles. The second-order valence-corrected chi connectivity index (χ2v) is 3.78. The summed E-state index contributed by atoms with van der Waals surface area (Å²) in [5.41, 5.74) is 7.08. The van der Waals surface area contributed by atoms with Gasteiger partial charge >= 0.3 is 0 Å². The van der Waals surface area contributed by atoms with Crippen molar-refractivity contribution in [3.63, 3.8) is 0 Å². The van der Waals surface area contributed by atoms with E-state index in [9.17, 15) is 4.79 Å². The van der Waals surface area contributed by atoms with Crippen LogP contribution in [0.1, 0.15) is 12.6 Å². The standard InChI is InChI=1S/C11H11N3O.C2H4O2/c1-8-7-10(15)13-11(12)14(8)9-5-3-2-4-6-9;1-2(3)4/h2-7H,1H3,(H2,12,13,15);1H3,(H,3,4). The summed E-state index contributed by atoms with van der Waals surface area (Å²) < 4.78 is 1.74. The Morgan fingerprint density at radius 1 is 1.32 bits per heavy atom. The fourth-order valence-electron chi connectivity index (χ4n) is 1.53. The number of para-hydroxylation sites is 1. The lowest BCUT2D eigenvalue weighted by Crippen LogP contribution is -2.17. The first-order valence-electron chi connectivity index (χ1n) is 5.53. The summed E-state index contributed by atoms with van der Waals surface area (Å²) in [5.74, 6) is -0.619. The summed E-state index contributed by atoms with van der Waals surface area (Å²) in [6.07, 6.45) is 0. The maximum atomic E-state index is 11.1. The molecule has 0 atom stereocenters. The molecule has 6 heteroatoms. The van der Waals surface area contributed by atoms with Crippen molar-refractivity contribution in [3.05, 3.63) is 52.4 Å². The zero-order valence-electron chi connectivity index (χ0n) is 10.7. The van der Waals surface area contributed by atoms with Crippen LogP contribution < -0.4 is 11.3 Å². The van der Waals surface area contributed by atoms with Gasteiger partial charge < -0.3 is 10.8 Å². The zero-order chi connectivity index (χ0) is 14.4. The van der Waals surface area contributed by atoms with E-state index in [0.717, 1.165) is 18.3 Å². The van der Waals surface area contributed by atoms with E-state index in [1.807, 2.05) is 37.3 Å². The number of aromatic nitrogens is 2. The molecule has 0 spiro atoms. The third-order valence-electron chi connectivity index (χ3n) is 2.15. The molecule has 100 valence electrons. The van der Waals surface area contributed by atoms with Crippen molar-refractivity contribution in [3.8, 4) is 5.69 Å². The minimum atomic E-state index is -0.833. The van der Waals surface area contributed by atoms with Crippen molar-refractivity contribution in [1.82, 2.24) is 9.55 Å². The SMILES string of the molecule is CC(=O)O.Cc1cc(=O)nc(N)n1-c1ccccc1. The summed E-state index contributed by atoms with van der Waals surface area (Å²) in [6.45, 7) is 2.91. The average molecular weight is 261 g/mol. The summed E-state index contributed by atoms with van der Waals surface area (Å²) in [6, 6.07) is 11.0. The van der Waals surface area contributed by atoms with Crippen molar-refractivity contribution in [2.45, 2.75) is 13.8 Å². The van der Waals surface area contributed by atoms with Gasteiger partial charge in [0, 0.05) is 24.4 Å². The molecule has 0 saturated heterocycles. The topological polar surface area (TPSA) is 98.2 Å². The number of carboxylic acid groups (broad SMARTS) is 1. The molecule has 0 bridgehead atoms. The number of benzene rings is 1. The number of nitrogens with zero attached hydrogens (tertiary/aromatic N) is 2. The molecule has 3 N–H and O–H groups in total. The largest absolute Gasteiger partial charge is 0.481 e. The van der Waals surface area contributed by atoms with Crippen molar-refractivity contribution in [2.24, 2.45) is 0 Å². The Morgan fingerprint density at radius 3 is 2.32 bits per heavy atom. The van der Waals surface area contributed by atoms with Gasteiger partial charge in [-0.2, -0.15) is 4.98 Å². The number of aryl methyl sites for hydroxylation is 1. The summed E-state index contributed by atoms with van der Waals surface area (Å²) in [5, 5.41) is 7.42. The summed E-state index contributed by atoms with van der Waals surface area (Å²) >= 11 is 0. The third-order valence-corrected chi connectivity index (χ3v) is 2.15. The summed E-state index contributed by atoms with van der Waals surface area (Å²) in [7, 11) is 0. The van der Waals surface area contributed by atoms with E-state index in [-0.39, 0.29) is 11.5 Å². The minimum Gasteiger partial charge on any atom is -0.481 e. The Kier molecular flexibility index (Phi) is 4.82. The molecule has 1 heterocycles. The van der Waals surface area contributed by atoms with Crippen LogP contribution in [0.15, 0.2) is 41.2 Å². The van der Waals surface area contributed by atoms with Gasteiger partial charge in [-0.05, 0) is 19.1 Å². The molecule has 2 rings (SSSR count). The van der Waals surface area contributed by atoms with Crippen molar-refractivity contribution in [1.29, 1.82) is 0 Å². The van der Waals surface area contributed by atoms with Crippen LogP contribution in [0.4, 0.5) is 5.95 Å². The molecule has 2 aromatic rings. The van der Waals surface area contributed by atoms with Gasteiger partial charge in [-0.25, -0.2) is 0 Å². The van der Waals surface area contributed by atoms with E-state index >= 15 is 0 Å². The predicted molar refractivity (Wildman–Crippen MR) is 72.3 cm³/mol. The van der Waals surface area contributed by atoms with E-state index in [0.29, 0.717) is 0 Å². The Morgan fingerprint density at radius 2 is 1.84 bits per heavy atom. The molecule has 0 fully saturated rings. The number of nitrogens with two attached hydrogens (primary N) is 1. The molecule has 0 unspecified atom stereocenters. The Hall–Kier alpha value is -2.63. The predicted octanol–water partition coefficient (Wildman–Crippen LogP) is 1.21. The highest BCUT2D eigenvalue weighted by Crippen LogP contribution is 2.12. The van der Waals surface area contributed by atoms with Crippen LogP contribution in [-0.4, -0.2) is 20.6 Å². The Bertz CT molecular complexity index is 591. The van der Waals surface area contributed by atoms with E-state index < -0.39 is 5.97 Å². The van der Waals surface area contributed by atoms with Crippen LogP contribution in [0, 0.1) is 6.92 Å². The van der Waals surface area contributed by atoms with Crippen molar-refractivity contribution >= 4 is 11.9 Å². The molecule has 6 nitrogen and oxygen atoms in total. The highest BCUT2D eigenvalue weighted by molar-refractivity contribution is 5.62. The monoisotopic (exact) mass is 261 g/mol. The van der Waals surface area contributed by atoms with Crippen LogP contribution in [0.25, 0.3) is 5.69 Å². The Balaban J connectivity index is 0.000000399. The molecule has 0 radical (unpaired) electrons. The van der Waals surface area contributed by atoms with E-state index in [1.165, 1.54) is 6.07 Å².